The minimum absolute atomic E-state index is 0.218. The number of hydrogen-bond acceptors (Lipinski definition) is 18. The molecule has 3 aliphatic heterocycles. The van der Waals surface area contributed by atoms with Gasteiger partial charge >= 0.3 is 0 Å². The summed E-state index contributed by atoms with van der Waals surface area (Å²) in [6.45, 7) is 1.61. The van der Waals surface area contributed by atoms with Gasteiger partial charge in [-0.25, -0.2) is 0 Å². The molecule has 0 saturated carbocycles. The molecule has 12 N–H and O–H groups in total. The fraction of sp³-hybridized carbons (Fsp3) is 0.747. The average molecular weight is 1440 g/mol. The molecule has 0 aromatic rings. The maximum atomic E-state index is 13.5. The highest BCUT2D eigenvalue weighted by Crippen LogP contribution is 2.33. The van der Waals surface area contributed by atoms with Gasteiger partial charge in [-0.1, -0.05) is 283 Å². The van der Waals surface area contributed by atoms with Gasteiger partial charge in [0.05, 0.1) is 38.6 Å². The van der Waals surface area contributed by atoms with Gasteiger partial charge in [0, 0.05) is 6.42 Å². The summed E-state index contributed by atoms with van der Waals surface area (Å²) < 4.78 is 34.4. The average Bonchev–Trinajstić information content (AvgIpc) is 0.781. The minimum Gasteiger partial charge on any atom is -0.394 e. The highest BCUT2D eigenvalue weighted by Gasteiger charge is 2.53. The Morgan fingerprint density at radius 3 is 1.10 bits per heavy atom. The second-order valence-electron chi connectivity index (χ2n) is 27.8. The zero-order valence-corrected chi connectivity index (χ0v) is 62.5. The monoisotopic (exact) mass is 1440 g/mol. The van der Waals surface area contributed by atoms with Crippen LogP contribution in [-0.4, -0.2) is 193 Å². The lowest BCUT2D eigenvalue weighted by Crippen LogP contribution is -2.66. The molecule has 3 aliphatic rings. The fourth-order valence-corrected chi connectivity index (χ4v) is 12.6. The highest BCUT2D eigenvalue weighted by molar-refractivity contribution is 5.76. The Kier molecular flexibility index (Phi) is 56.4. The molecule has 0 aromatic heterocycles. The van der Waals surface area contributed by atoms with E-state index >= 15 is 0 Å². The van der Waals surface area contributed by atoms with Gasteiger partial charge < -0.3 is 89.9 Å². The minimum atomic E-state index is -1.99. The molecular formula is C83H141NO18. The number of ether oxygens (including phenoxy) is 6. The van der Waals surface area contributed by atoms with Crippen molar-refractivity contribution >= 4 is 5.91 Å². The Morgan fingerprint density at radius 1 is 0.363 bits per heavy atom. The number of aliphatic hydroxyl groups is 11. The van der Waals surface area contributed by atoms with E-state index in [1.807, 2.05) is 6.08 Å². The number of hydrogen-bond donors (Lipinski definition) is 12. The lowest BCUT2D eigenvalue weighted by Gasteiger charge is -2.48. The molecule has 3 fully saturated rings. The van der Waals surface area contributed by atoms with E-state index in [9.17, 15) is 61.0 Å². The molecule has 0 aliphatic carbocycles. The topological polar surface area (TPSA) is 307 Å². The molecule has 3 rings (SSSR count). The van der Waals surface area contributed by atoms with Crippen LogP contribution in [0.4, 0.5) is 0 Å². The van der Waals surface area contributed by atoms with Crippen molar-refractivity contribution in [1.29, 1.82) is 0 Å². The molecule has 0 aromatic carbocycles. The second-order valence-corrected chi connectivity index (χ2v) is 27.8. The third-order valence-corrected chi connectivity index (χ3v) is 19.0. The van der Waals surface area contributed by atoms with Gasteiger partial charge in [0.15, 0.2) is 18.9 Å². The van der Waals surface area contributed by atoms with E-state index in [-0.39, 0.29) is 18.9 Å². The number of rotatable bonds is 61. The van der Waals surface area contributed by atoms with Crippen LogP contribution in [0.3, 0.4) is 0 Å². The van der Waals surface area contributed by atoms with Crippen molar-refractivity contribution in [1.82, 2.24) is 5.32 Å². The van der Waals surface area contributed by atoms with Crippen LogP contribution in [0.1, 0.15) is 264 Å². The molecule has 3 saturated heterocycles. The standard InChI is InChI=1S/C83H141NO18/c1-3-5-7-9-11-13-15-17-19-21-23-25-27-29-30-31-32-33-34-35-36-37-39-41-43-45-47-49-51-53-55-57-59-61-71(89)84-66(67(88)60-58-56-54-52-50-48-46-44-42-40-38-28-26-24-22-20-18-16-14-12-10-8-6-4-2)65-97-81-77(95)74(92)79(69(63-86)99-81)102-83-78(96)75(93)80(70(64-87)100-83)101-82-76(94)73(91)72(90)68(62-85)98-82/h5,7,11,13,17,19,23,25,29-30,32-33,35-36,39,41,50,52,58,60,66-70,72-83,85-88,90-96H,3-4,6,8-10,12,14-16,18,20-22,24,26-28,31,34,37-38,40,42-49,51,53-57,59,61-65H2,1-2H3,(H,84,89)/b7-5-,13-11-,19-17-,25-23-,30-29-,33-32-,36-35-,41-39-,52-50+,60-58+. The molecule has 586 valence electrons. The van der Waals surface area contributed by atoms with Crippen molar-refractivity contribution in [3.8, 4) is 0 Å². The first-order chi connectivity index (χ1) is 49.8. The van der Waals surface area contributed by atoms with E-state index in [1.165, 1.54) is 116 Å². The zero-order valence-electron chi connectivity index (χ0n) is 62.5. The van der Waals surface area contributed by atoms with Crippen LogP contribution in [-0.2, 0) is 33.2 Å². The van der Waals surface area contributed by atoms with Crippen LogP contribution in [0.25, 0.3) is 0 Å². The Bertz CT molecular complexity index is 2320. The molecule has 19 nitrogen and oxygen atoms in total. The molecule has 17 atom stereocenters. The summed E-state index contributed by atoms with van der Waals surface area (Å²) in [5.74, 6) is -0.297. The quantitative estimate of drug-likeness (QED) is 0.0199. The predicted molar refractivity (Wildman–Crippen MR) is 406 cm³/mol. The molecule has 19 heteroatoms. The Hall–Kier alpha value is -3.81. The summed E-state index contributed by atoms with van der Waals surface area (Å²) in [5.41, 5.74) is 0. The third-order valence-electron chi connectivity index (χ3n) is 19.0. The number of carbonyl (C=O) groups is 1. The molecule has 102 heavy (non-hydrogen) atoms. The summed E-state index contributed by atoms with van der Waals surface area (Å²) >= 11 is 0. The lowest BCUT2D eigenvalue weighted by atomic mass is 9.96. The van der Waals surface area contributed by atoms with Crippen LogP contribution >= 0.6 is 0 Å². The Labute approximate surface area is 614 Å². The van der Waals surface area contributed by atoms with Crippen LogP contribution in [0.5, 0.6) is 0 Å². The van der Waals surface area contributed by atoms with Gasteiger partial charge in [-0.15, -0.1) is 0 Å². The van der Waals surface area contributed by atoms with E-state index < -0.39 is 124 Å². The predicted octanol–water partition coefficient (Wildman–Crippen LogP) is 13.1. The maximum absolute atomic E-state index is 13.5. The van der Waals surface area contributed by atoms with E-state index in [1.54, 1.807) is 6.08 Å². The summed E-state index contributed by atoms with van der Waals surface area (Å²) in [4.78, 5) is 13.5. The van der Waals surface area contributed by atoms with E-state index in [0.717, 1.165) is 116 Å². The van der Waals surface area contributed by atoms with E-state index in [2.05, 4.69) is 129 Å². The molecule has 1 amide bonds. The SMILES string of the molecule is CC/C=C\C/C=C\C/C=C\C/C=C\C/C=C\C/C=C\C/C=C\C/C=C\CCCCCCCCCCC(=O)NC(COC1OC(CO)C(OC2OC(CO)C(OC3OC(CO)C(O)C(O)C3O)C(O)C2O)C(O)C1O)C(O)/C=C/CC/C=C/CCCCCCCCCCCCCCCCCCCC. The van der Waals surface area contributed by atoms with Gasteiger partial charge in [0.2, 0.25) is 5.91 Å². The van der Waals surface area contributed by atoms with Gasteiger partial charge in [-0.05, 0) is 96.3 Å². The lowest BCUT2D eigenvalue weighted by molar-refractivity contribution is -0.379. The first-order valence-electron chi connectivity index (χ1n) is 39.8. The van der Waals surface area contributed by atoms with Crippen molar-refractivity contribution in [3.63, 3.8) is 0 Å². The number of unbranched alkanes of at least 4 members (excludes halogenated alkanes) is 27. The number of carbonyl (C=O) groups excluding carboxylic acids is 1. The van der Waals surface area contributed by atoms with Crippen LogP contribution in [0, 0.1) is 0 Å². The second kappa shape index (κ2) is 62.3. The van der Waals surface area contributed by atoms with Crippen LogP contribution in [0.15, 0.2) is 122 Å². The summed E-state index contributed by atoms with van der Waals surface area (Å²) in [6, 6.07) is -1.01. The Morgan fingerprint density at radius 2 is 0.686 bits per heavy atom. The highest BCUT2D eigenvalue weighted by atomic mass is 16.8. The van der Waals surface area contributed by atoms with Crippen molar-refractivity contribution in [2.75, 3.05) is 26.4 Å². The maximum Gasteiger partial charge on any atom is 0.220 e. The largest absolute Gasteiger partial charge is 0.394 e. The first-order valence-corrected chi connectivity index (χ1v) is 39.8. The van der Waals surface area contributed by atoms with Gasteiger partial charge in [0.1, 0.15) is 73.2 Å². The molecule has 3 heterocycles. The molecule has 17 unspecified atom stereocenters. The normalized spacial score (nSPS) is 26.9. The Balaban J connectivity index is 1.40. The van der Waals surface area contributed by atoms with Gasteiger partial charge in [-0.2, -0.15) is 0 Å². The van der Waals surface area contributed by atoms with E-state index in [4.69, 9.17) is 28.4 Å². The molecule has 0 bridgehead atoms. The summed E-state index contributed by atoms with van der Waals surface area (Å²) in [7, 11) is 0. The zero-order chi connectivity index (χ0) is 73.9. The first kappa shape index (κ1) is 92.4. The van der Waals surface area contributed by atoms with Crippen LogP contribution in [0.2, 0.25) is 0 Å². The summed E-state index contributed by atoms with van der Waals surface area (Å²) in [5, 5.41) is 121. The van der Waals surface area contributed by atoms with Crippen molar-refractivity contribution < 1.29 is 89.4 Å². The van der Waals surface area contributed by atoms with Gasteiger partial charge in [0.25, 0.3) is 0 Å². The number of amides is 1. The third kappa shape index (κ3) is 41.9. The summed E-state index contributed by atoms with van der Waals surface area (Å²) in [6.07, 6.45) is 60.3. The number of allylic oxidation sites excluding steroid dienone is 19. The molecular weight excluding hydrogens is 1300 g/mol. The van der Waals surface area contributed by atoms with Crippen LogP contribution < -0.4 is 5.32 Å². The van der Waals surface area contributed by atoms with Gasteiger partial charge in [-0.3, -0.25) is 4.79 Å². The van der Waals surface area contributed by atoms with Crippen molar-refractivity contribution in [2.24, 2.45) is 0 Å². The fourth-order valence-electron chi connectivity index (χ4n) is 12.6. The van der Waals surface area contributed by atoms with Crippen molar-refractivity contribution in [3.05, 3.63) is 122 Å². The molecule has 0 spiro atoms. The number of aliphatic hydroxyl groups excluding tert-OH is 11. The molecule has 0 radical (unpaired) electrons. The number of nitrogens with one attached hydrogen (secondary N) is 1. The smallest absolute Gasteiger partial charge is 0.220 e. The van der Waals surface area contributed by atoms with E-state index in [0.29, 0.717) is 12.8 Å². The van der Waals surface area contributed by atoms with Crippen molar-refractivity contribution in [2.45, 2.75) is 369 Å².